The summed E-state index contributed by atoms with van der Waals surface area (Å²) in [5.74, 6) is 3.29. The Bertz CT molecular complexity index is 737. The van der Waals surface area contributed by atoms with E-state index < -0.39 is 0 Å². The van der Waals surface area contributed by atoms with Gasteiger partial charge < -0.3 is 4.74 Å². The standard InChI is InChI=1S/C32H51FO2/c1-3-5-6-7-8-9-13-28-20-21-30(24-31(28)33)35-32(34)22-17-26-12-10-14-29(23-26)27-18-15-25(11-4-2)16-19-27/h20-21,24-27,29H,3-19,22-23H2,1-2H3/t25?,26?,27?,29-/m0/s1. The molecule has 0 aromatic heterocycles. The first-order chi connectivity index (χ1) is 17.1. The Morgan fingerprint density at radius 3 is 2.37 bits per heavy atom. The van der Waals surface area contributed by atoms with Crippen LogP contribution in [-0.2, 0) is 11.2 Å². The normalized spacial score (nSPS) is 24.9. The smallest absolute Gasteiger partial charge is 0.311 e. The molecule has 0 amide bonds. The number of carbonyl (C=O) groups is 1. The van der Waals surface area contributed by atoms with Gasteiger partial charge in [-0.2, -0.15) is 0 Å². The zero-order chi connectivity index (χ0) is 24.9. The molecule has 0 saturated heterocycles. The lowest BCUT2D eigenvalue weighted by molar-refractivity contribution is -0.134. The molecule has 2 aliphatic carbocycles. The monoisotopic (exact) mass is 486 g/mol. The van der Waals surface area contributed by atoms with Crippen molar-refractivity contribution in [3.63, 3.8) is 0 Å². The summed E-state index contributed by atoms with van der Waals surface area (Å²) in [7, 11) is 0. The zero-order valence-electron chi connectivity index (χ0n) is 22.7. The molecule has 2 atom stereocenters. The summed E-state index contributed by atoms with van der Waals surface area (Å²) in [5, 5.41) is 0. The summed E-state index contributed by atoms with van der Waals surface area (Å²) < 4.78 is 20.0. The maximum Gasteiger partial charge on any atom is 0.311 e. The molecule has 0 bridgehead atoms. The van der Waals surface area contributed by atoms with Crippen molar-refractivity contribution >= 4 is 5.97 Å². The van der Waals surface area contributed by atoms with Crippen molar-refractivity contribution in [2.24, 2.45) is 23.7 Å². The molecule has 3 rings (SSSR count). The summed E-state index contributed by atoms with van der Waals surface area (Å²) in [6, 6.07) is 4.96. The highest BCUT2D eigenvalue weighted by Crippen LogP contribution is 2.43. The van der Waals surface area contributed by atoms with Crippen molar-refractivity contribution in [1.29, 1.82) is 0 Å². The van der Waals surface area contributed by atoms with Gasteiger partial charge in [-0.1, -0.05) is 97.0 Å². The van der Waals surface area contributed by atoms with Gasteiger partial charge in [0, 0.05) is 12.5 Å². The fourth-order valence-corrected chi connectivity index (χ4v) is 6.77. The molecule has 2 nitrogen and oxygen atoms in total. The molecular weight excluding hydrogens is 435 g/mol. The number of benzene rings is 1. The van der Waals surface area contributed by atoms with Crippen LogP contribution in [0.4, 0.5) is 4.39 Å². The van der Waals surface area contributed by atoms with E-state index in [1.165, 1.54) is 96.0 Å². The number of carbonyl (C=O) groups excluding carboxylic acids is 1. The minimum absolute atomic E-state index is 0.213. The van der Waals surface area contributed by atoms with Crippen molar-refractivity contribution in [2.75, 3.05) is 0 Å². The Kier molecular flexibility index (Phi) is 12.6. The van der Waals surface area contributed by atoms with E-state index in [-0.39, 0.29) is 11.8 Å². The number of hydrogen-bond acceptors (Lipinski definition) is 2. The molecule has 35 heavy (non-hydrogen) atoms. The zero-order valence-corrected chi connectivity index (χ0v) is 22.7. The van der Waals surface area contributed by atoms with Crippen LogP contribution in [0.15, 0.2) is 18.2 Å². The van der Waals surface area contributed by atoms with Crippen LogP contribution in [0.25, 0.3) is 0 Å². The number of halogens is 1. The van der Waals surface area contributed by atoms with Crippen molar-refractivity contribution in [1.82, 2.24) is 0 Å². The van der Waals surface area contributed by atoms with E-state index >= 15 is 0 Å². The van der Waals surface area contributed by atoms with Gasteiger partial charge in [-0.3, -0.25) is 4.79 Å². The first kappa shape index (κ1) is 28.2. The first-order valence-corrected chi connectivity index (χ1v) is 15.1. The summed E-state index contributed by atoms with van der Waals surface area (Å²) >= 11 is 0. The Morgan fingerprint density at radius 1 is 0.857 bits per heavy atom. The van der Waals surface area contributed by atoms with E-state index in [4.69, 9.17) is 4.74 Å². The Hall–Kier alpha value is -1.38. The highest BCUT2D eigenvalue weighted by Gasteiger charge is 2.31. The van der Waals surface area contributed by atoms with Crippen molar-refractivity contribution in [2.45, 2.75) is 136 Å². The second-order valence-corrected chi connectivity index (χ2v) is 11.6. The predicted molar refractivity (Wildman–Crippen MR) is 144 cm³/mol. The topological polar surface area (TPSA) is 26.3 Å². The van der Waals surface area contributed by atoms with Gasteiger partial charge >= 0.3 is 5.97 Å². The quantitative estimate of drug-likeness (QED) is 0.149. The fourth-order valence-electron chi connectivity index (χ4n) is 6.77. The number of esters is 1. The van der Waals surface area contributed by atoms with E-state index in [1.807, 2.05) is 0 Å². The van der Waals surface area contributed by atoms with Gasteiger partial charge in [-0.05, 0) is 73.8 Å². The molecule has 198 valence electrons. The van der Waals surface area contributed by atoms with Gasteiger partial charge in [0.05, 0.1) is 0 Å². The van der Waals surface area contributed by atoms with Crippen LogP contribution in [-0.4, -0.2) is 5.97 Å². The molecule has 3 heteroatoms. The lowest BCUT2D eigenvalue weighted by atomic mass is 9.67. The molecule has 0 heterocycles. The molecule has 2 fully saturated rings. The molecule has 0 N–H and O–H groups in total. The minimum Gasteiger partial charge on any atom is -0.426 e. The van der Waals surface area contributed by atoms with Crippen molar-refractivity contribution < 1.29 is 13.9 Å². The second-order valence-electron chi connectivity index (χ2n) is 11.6. The van der Waals surface area contributed by atoms with Crippen LogP contribution >= 0.6 is 0 Å². The summed E-state index contributed by atoms with van der Waals surface area (Å²) in [6.07, 6.45) is 23.0. The van der Waals surface area contributed by atoms with Gasteiger partial charge in [-0.25, -0.2) is 4.39 Å². The van der Waals surface area contributed by atoms with Crippen LogP contribution in [0.3, 0.4) is 0 Å². The fraction of sp³-hybridized carbons (Fsp3) is 0.781. The average molecular weight is 487 g/mol. The summed E-state index contributed by atoms with van der Waals surface area (Å²) in [5.41, 5.74) is 0.734. The number of ether oxygens (including phenoxy) is 1. The van der Waals surface area contributed by atoms with Gasteiger partial charge in [-0.15, -0.1) is 0 Å². The summed E-state index contributed by atoms with van der Waals surface area (Å²) in [6.45, 7) is 4.53. The van der Waals surface area contributed by atoms with Crippen LogP contribution in [0.5, 0.6) is 5.75 Å². The molecule has 1 aromatic rings. The van der Waals surface area contributed by atoms with E-state index in [1.54, 1.807) is 12.1 Å². The number of rotatable bonds is 14. The van der Waals surface area contributed by atoms with E-state index in [0.717, 1.165) is 49.0 Å². The van der Waals surface area contributed by atoms with Gasteiger partial charge in [0.1, 0.15) is 11.6 Å². The van der Waals surface area contributed by atoms with Crippen LogP contribution < -0.4 is 4.74 Å². The third-order valence-corrected chi connectivity index (χ3v) is 8.89. The van der Waals surface area contributed by atoms with Gasteiger partial charge in [0.2, 0.25) is 0 Å². The molecule has 1 aromatic carbocycles. The summed E-state index contributed by atoms with van der Waals surface area (Å²) in [4.78, 5) is 12.5. The molecule has 0 spiro atoms. The van der Waals surface area contributed by atoms with Gasteiger partial charge in [0.15, 0.2) is 0 Å². The molecule has 0 radical (unpaired) electrons. The van der Waals surface area contributed by atoms with E-state index in [0.29, 0.717) is 18.1 Å². The van der Waals surface area contributed by atoms with Gasteiger partial charge in [0.25, 0.3) is 0 Å². The average Bonchev–Trinajstić information content (AvgIpc) is 2.87. The third-order valence-electron chi connectivity index (χ3n) is 8.89. The highest BCUT2D eigenvalue weighted by molar-refractivity contribution is 5.72. The van der Waals surface area contributed by atoms with Crippen molar-refractivity contribution in [3.05, 3.63) is 29.6 Å². The van der Waals surface area contributed by atoms with E-state index in [9.17, 15) is 9.18 Å². The SMILES string of the molecule is CCCCCCCCc1ccc(OC(=O)CCC2CCC[C@H](C3CCC(CCC)CC3)C2)cc1F. The lowest BCUT2D eigenvalue weighted by Crippen LogP contribution is -2.27. The second kappa shape index (κ2) is 15.7. The predicted octanol–water partition coefficient (Wildman–Crippen LogP) is 9.83. The van der Waals surface area contributed by atoms with Crippen LogP contribution in [0.1, 0.15) is 135 Å². The molecule has 2 aliphatic rings. The Morgan fingerprint density at radius 2 is 1.63 bits per heavy atom. The number of unbranched alkanes of at least 4 members (excludes halogenated alkanes) is 5. The highest BCUT2D eigenvalue weighted by atomic mass is 19.1. The first-order valence-electron chi connectivity index (χ1n) is 15.1. The number of hydrogen-bond donors (Lipinski definition) is 0. The molecule has 1 unspecified atom stereocenters. The minimum atomic E-state index is -0.243. The largest absolute Gasteiger partial charge is 0.426 e. The van der Waals surface area contributed by atoms with E-state index in [2.05, 4.69) is 13.8 Å². The molecule has 0 aliphatic heterocycles. The maximum absolute atomic E-state index is 14.5. The molecule has 2 saturated carbocycles. The van der Waals surface area contributed by atoms with Crippen LogP contribution in [0.2, 0.25) is 0 Å². The molecular formula is C32H51FO2. The lowest BCUT2D eigenvalue weighted by Gasteiger charge is -2.38. The van der Waals surface area contributed by atoms with Crippen LogP contribution in [0, 0.1) is 29.5 Å². The van der Waals surface area contributed by atoms with Crippen molar-refractivity contribution in [3.8, 4) is 5.75 Å². The third kappa shape index (κ3) is 9.89. The number of aryl methyl sites for hydroxylation is 1. The Labute approximate surface area is 214 Å². The Balaban J connectivity index is 1.35. The maximum atomic E-state index is 14.5.